The molecule has 0 aromatic rings. The van der Waals surface area contributed by atoms with Gasteiger partial charge in [-0.05, 0) is 40.2 Å². The summed E-state index contributed by atoms with van der Waals surface area (Å²) in [6, 6.07) is 0.466. The summed E-state index contributed by atoms with van der Waals surface area (Å²) in [5.74, 6) is 0. The van der Waals surface area contributed by atoms with Gasteiger partial charge in [0.1, 0.15) is 6.17 Å². The molecule has 0 aromatic carbocycles. The third-order valence-corrected chi connectivity index (χ3v) is 3.59. The van der Waals surface area contributed by atoms with Crippen molar-refractivity contribution in [2.24, 2.45) is 0 Å². The minimum absolute atomic E-state index is 0.466. The third-order valence-electron chi connectivity index (χ3n) is 3.59. The van der Waals surface area contributed by atoms with Crippen LogP contribution in [-0.4, -0.2) is 55.2 Å². The van der Waals surface area contributed by atoms with Crippen LogP contribution in [-0.2, 0) is 0 Å². The predicted octanol–water partition coefficient (Wildman–Crippen LogP) is 4.29. The van der Waals surface area contributed by atoms with Crippen molar-refractivity contribution in [3.8, 4) is 0 Å². The zero-order valence-electron chi connectivity index (χ0n) is 14.7. The van der Waals surface area contributed by atoms with Gasteiger partial charge in [-0.15, -0.1) is 0 Å². The van der Waals surface area contributed by atoms with Crippen LogP contribution < -0.4 is 0 Å². The highest BCUT2D eigenvalue weighted by Gasteiger charge is 2.15. The molecule has 0 bridgehead atoms. The lowest BCUT2D eigenvalue weighted by Gasteiger charge is -2.24. The van der Waals surface area contributed by atoms with Crippen molar-refractivity contribution in [1.29, 1.82) is 0 Å². The molecule has 2 rings (SSSR count). The molecule has 0 spiro atoms. The minimum atomic E-state index is -0.764. The second-order valence-electron chi connectivity index (χ2n) is 5.67. The summed E-state index contributed by atoms with van der Waals surface area (Å²) >= 11 is 0. The first-order valence-electron chi connectivity index (χ1n) is 8.48. The van der Waals surface area contributed by atoms with Crippen LogP contribution in [0.25, 0.3) is 0 Å². The van der Waals surface area contributed by atoms with E-state index in [1.165, 1.54) is 25.9 Å². The maximum absolute atomic E-state index is 12.9. The number of alkyl halides is 1. The Morgan fingerprint density at radius 3 is 2.00 bits per heavy atom. The molecule has 2 aliphatic rings. The van der Waals surface area contributed by atoms with E-state index in [1.54, 1.807) is 6.08 Å². The van der Waals surface area contributed by atoms with E-state index in [1.807, 2.05) is 19.9 Å². The summed E-state index contributed by atoms with van der Waals surface area (Å²) in [5, 5.41) is 0. The van der Waals surface area contributed by atoms with Crippen LogP contribution in [0.2, 0.25) is 0 Å². The van der Waals surface area contributed by atoms with Gasteiger partial charge in [-0.1, -0.05) is 38.2 Å². The van der Waals surface area contributed by atoms with E-state index in [2.05, 4.69) is 42.8 Å². The Hall–Kier alpha value is -0.670. The van der Waals surface area contributed by atoms with E-state index in [4.69, 9.17) is 0 Å². The average Bonchev–Trinajstić information content (AvgIpc) is 2.84. The molecule has 0 saturated heterocycles. The molecule has 2 aliphatic heterocycles. The molecule has 3 heteroatoms. The van der Waals surface area contributed by atoms with Crippen molar-refractivity contribution in [2.45, 2.75) is 59.2 Å². The highest BCUT2D eigenvalue weighted by atomic mass is 19.1. The van der Waals surface area contributed by atoms with Crippen LogP contribution in [0, 0.1) is 0 Å². The monoisotopic (exact) mass is 298 g/mol. The molecule has 0 amide bonds. The van der Waals surface area contributed by atoms with E-state index in [9.17, 15) is 4.39 Å². The van der Waals surface area contributed by atoms with Crippen molar-refractivity contribution in [3.63, 3.8) is 0 Å². The number of hydrogen-bond donors (Lipinski definition) is 0. The van der Waals surface area contributed by atoms with Crippen LogP contribution in [0.1, 0.15) is 47.0 Å². The molecule has 0 aliphatic carbocycles. The molecule has 21 heavy (non-hydrogen) atoms. The van der Waals surface area contributed by atoms with Gasteiger partial charge in [-0.2, -0.15) is 0 Å². The molecule has 124 valence electrons. The SMILES string of the molecule is CC.CC(C)N1CCC=CC(F)C1.CN1CCC=CCC1. The first-order valence-corrected chi connectivity index (χ1v) is 8.48. The fourth-order valence-electron chi connectivity index (χ4n) is 2.27. The Labute approximate surface area is 131 Å². The summed E-state index contributed by atoms with van der Waals surface area (Å²) in [4.78, 5) is 4.53. The second kappa shape index (κ2) is 13.0. The molecule has 0 radical (unpaired) electrons. The van der Waals surface area contributed by atoms with Gasteiger partial charge in [0, 0.05) is 32.2 Å². The Morgan fingerprint density at radius 2 is 1.48 bits per heavy atom. The number of hydrogen-bond acceptors (Lipinski definition) is 2. The minimum Gasteiger partial charge on any atom is -0.306 e. The zero-order chi connectivity index (χ0) is 16.1. The van der Waals surface area contributed by atoms with Crippen molar-refractivity contribution in [3.05, 3.63) is 24.3 Å². The van der Waals surface area contributed by atoms with Crippen LogP contribution in [0.5, 0.6) is 0 Å². The van der Waals surface area contributed by atoms with Crippen molar-refractivity contribution < 1.29 is 4.39 Å². The summed E-state index contributed by atoms with van der Waals surface area (Å²) in [6.45, 7) is 12.2. The van der Waals surface area contributed by atoms with Crippen LogP contribution in [0.15, 0.2) is 24.3 Å². The van der Waals surface area contributed by atoms with Crippen LogP contribution in [0.4, 0.5) is 4.39 Å². The Balaban J connectivity index is 0.000000354. The Morgan fingerprint density at radius 1 is 0.952 bits per heavy atom. The number of halogens is 1. The molecule has 0 saturated carbocycles. The molecular weight excluding hydrogens is 263 g/mol. The second-order valence-corrected chi connectivity index (χ2v) is 5.67. The quantitative estimate of drug-likeness (QED) is 0.666. The van der Waals surface area contributed by atoms with Gasteiger partial charge in [-0.25, -0.2) is 4.39 Å². The van der Waals surface area contributed by atoms with E-state index in [0.29, 0.717) is 12.6 Å². The molecular formula is C18H35FN2. The largest absolute Gasteiger partial charge is 0.306 e. The maximum atomic E-state index is 12.9. The van der Waals surface area contributed by atoms with E-state index in [-0.39, 0.29) is 0 Å². The van der Waals surface area contributed by atoms with Crippen molar-refractivity contribution in [1.82, 2.24) is 9.80 Å². The number of rotatable bonds is 1. The number of nitrogens with zero attached hydrogens (tertiary/aromatic N) is 2. The Kier molecular flexibility index (Phi) is 12.6. The van der Waals surface area contributed by atoms with Crippen LogP contribution >= 0.6 is 0 Å². The molecule has 0 aromatic heterocycles. The lowest BCUT2D eigenvalue weighted by atomic mass is 10.3. The summed E-state index contributed by atoms with van der Waals surface area (Å²) in [6.07, 6.45) is 10.8. The normalized spacial score (nSPS) is 23.5. The Bertz CT molecular complexity index is 277. The zero-order valence-corrected chi connectivity index (χ0v) is 14.7. The first kappa shape index (κ1) is 20.3. The fourth-order valence-corrected chi connectivity index (χ4v) is 2.27. The van der Waals surface area contributed by atoms with Gasteiger partial charge < -0.3 is 4.90 Å². The van der Waals surface area contributed by atoms with E-state index >= 15 is 0 Å². The standard InChI is InChI=1S/C9H16FN.C7H13N.C2H6/c1-8(2)11-6-4-3-5-9(10)7-11;1-8-6-4-2-3-5-7-8;1-2/h3,5,8-9H,4,6-7H2,1-2H3;2-3H,4-7H2,1H3;1-2H3. The summed E-state index contributed by atoms with van der Waals surface area (Å²) in [7, 11) is 2.17. The highest BCUT2D eigenvalue weighted by Crippen LogP contribution is 2.09. The summed E-state index contributed by atoms with van der Waals surface area (Å²) < 4.78 is 12.9. The van der Waals surface area contributed by atoms with Gasteiger partial charge in [0.15, 0.2) is 0 Å². The molecule has 1 unspecified atom stereocenters. The van der Waals surface area contributed by atoms with E-state index < -0.39 is 6.17 Å². The highest BCUT2D eigenvalue weighted by molar-refractivity contribution is 4.94. The van der Waals surface area contributed by atoms with Gasteiger partial charge in [-0.3, -0.25) is 4.90 Å². The van der Waals surface area contributed by atoms with E-state index in [0.717, 1.165) is 13.0 Å². The van der Waals surface area contributed by atoms with Gasteiger partial charge >= 0.3 is 0 Å². The molecule has 0 N–H and O–H groups in total. The molecule has 1 atom stereocenters. The smallest absolute Gasteiger partial charge is 0.131 e. The maximum Gasteiger partial charge on any atom is 0.131 e. The lowest BCUT2D eigenvalue weighted by molar-refractivity contribution is 0.187. The van der Waals surface area contributed by atoms with Crippen LogP contribution in [0.3, 0.4) is 0 Å². The average molecular weight is 298 g/mol. The molecule has 2 heterocycles. The molecule has 2 nitrogen and oxygen atoms in total. The summed E-state index contributed by atoms with van der Waals surface area (Å²) in [5.41, 5.74) is 0. The van der Waals surface area contributed by atoms with Crippen molar-refractivity contribution >= 4 is 0 Å². The predicted molar refractivity (Wildman–Crippen MR) is 92.6 cm³/mol. The van der Waals surface area contributed by atoms with Gasteiger partial charge in [0.25, 0.3) is 0 Å². The fraction of sp³-hybridized carbons (Fsp3) is 0.778. The van der Waals surface area contributed by atoms with Gasteiger partial charge in [0.2, 0.25) is 0 Å². The first-order chi connectivity index (χ1) is 10.1. The topological polar surface area (TPSA) is 6.48 Å². The third kappa shape index (κ3) is 10.7. The van der Waals surface area contributed by atoms with Gasteiger partial charge in [0.05, 0.1) is 0 Å². The van der Waals surface area contributed by atoms with Crippen molar-refractivity contribution in [2.75, 3.05) is 33.2 Å². The molecule has 0 fully saturated rings. The lowest BCUT2D eigenvalue weighted by Crippen LogP contribution is -2.35.